The van der Waals surface area contributed by atoms with Gasteiger partial charge in [0, 0.05) is 36.8 Å². The zero-order valence-corrected chi connectivity index (χ0v) is 17.0. The van der Waals surface area contributed by atoms with E-state index in [0.717, 1.165) is 17.7 Å². The van der Waals surface area contributed by atoms with Gasteiger partial charge in [0.2, 0.25) is 0 Å². The second-order valence-electron chi connectivity index (χ2n) is 6.95. The molecule has 2 aromatic carbocycles. The molecule has 2 amide bonds. The summed E-state index contributed by atoms with van der Waals surface area (Å²) in [6.07, 6.45) is -4.51. The number of rotatable bonds is 4. The van der Waals surface area contributed by atoms with E-state index in [4.69, 9.17) is 16.3 Å². The van der Waals surface area contributed by atoms with Crippen LogP contribution >= 0.6 is 11.6 Å². The molecule has 5 nitrogen and oxygen atoms in total. The molecule has 0 N–H and O–H groups in total. The van der Waals surface area contributed by atoms with Gasteiger partial charge >= 0.3 is 6.18 Å². The minimum Gasteiger partial charge on any atom is -0.484 e. The smallest absolute Gasteiger partial charge is 0.416 e. The fourth-order valence-corrected chi connectivity index (χ4v) is 3.23. The van der Waals surface area contributed by atoms with Crippen LogP contribution in [0.3, 0.4) is 0 Å². The van der Waals surface area contributed by atoms with E-state index < -0.39 is 17.6 Å². The third-order valence-electron chi connectivity index (χ3n) is 4.85. The third kappa shape index (κ3) is 5.24. The zero-order chi connectivity index (χ0) is 21.9. The highest BCUT2D eigenvalue weighted by atomic mass is 35.5. The number of benzene rings is 2. The topological polar surface area (TPSA) is 49.9 Å². The molecule has 1 aliphatic heterocycles. The maximum atomic E-state index is 12.9. The fraction of sp³-hybridized carbons (Fsp3) is 0.333. The molecule has 0 atom stereocenters. The van der Waals surface area contributed by atoms with Crippen LogP contribution < -0.4 is 4.74 Å². The third-order valence-corrected chi connectivity index (χ3v) is 5.27. The lowest BCUT2D eigenvalue weighted by molar-refractivity contribution is -0.137. The van der Waals surface area contributed by atoms with Gasteiger partial charge < -0.3 is 14.5 Å². The molecule has 0 aliphatic carbocycles. The van der Waals surface area contributed by atoms with E-state index in [1.54, 1.807) is 23.1 Å². The van der Waals surface area contributed by atoms with Crippen molar-refractivity contribution in [1.82, 2.24) is 9.80 Å². The van der Waals surface area contributed by atoms with Gasteiger partial charge in [-0.1, -0.05) is 17.7 Å². The molecule has 1 heterocycles. The summed E-state index contributed by atoms with van der Waals surface area (Å²) in [5.41, 5.74) is -0.0499. The average Bonchev–Trinajstić information content (AvgIpc) is 2.73. The number of hydrogen-bond donors (Lipinski definition) is 0. The lowest BCUT2D eigenvalue weighted by Gasteiger charge is -2.34. The van der Waals surface area contributed by atoms with Gasteiger partial charge in [0.1, 0.15) is 5.75 Å². The van der Waals surface area contributed by atoms with Gasteiger partial charge in [-0.25, -0.2) is 0 Å². The summed E-state index contributed by atoms with van der Waals surface area (Å²) < 4.78 is 44.1. The van der Waals surface area contributed by atoms with Gasteiger partial charge in [0.15, 0.2) is 6.61 Å². The second kappa shape index (κ2) is 8.95. The molecule has 1 fully saturated rings. The SMILES string of the molecule is Cc1cc(OCC(=O)N2CCN(C(=O)c3cccc(C(F)(F)F)c3)CC2)ccc1Cl. The van der Waals surface area contributed by atoms with Crippen LogP contribution in [0.25, 0.3) is 0 Å². The number of aryl methyl sites for hydroxylation is 1. The lowest BCUT2D eigenvalue weighted by Crippen LogP contribution is -2.51. The van der Waals surface area contributed by atoms with Crippen LogP contribution in [0, 0.1) is 6.92 Å². The highest BCUT2D eigenvalue weighted by molar-refractivity contribution is 6.31. The molecule has 160 valence electrons. The van der Waals surface area contributed by atoms with Gasteiger partial charge in [-0.3, -0.25) is 9.59 Å². The van der Waals surface area contributed by atoms with Crippen molar-refractivity contribution in [1.29, 1.82) is 0 Å². The lowest BCUT2D eigenvalue weighted by atomic mass is 10.1. The Kier molecular flexibility index (Phi) is 6.55. The molecule has 2 aromatic rings. The number of carbonyl (C=O) groups is 2. The molecular formula is C21H20ClF3N2O3. The molecule has 1 saturated heterocycles. The number of ether oxygens (including phenoxy) is 1. The molecule has 3 rings (SSSR count). The van der Waals surface area contributed by atoms with Crippen LogP contribution in [0.4, 0.5) is 13.2 Å². The first-order valence-corrected chi connectivity index (χ1v) is 9.66. The zero-order valence-electron chi connectivity index (χ0n) is 16.2. The van der Waals surface area contributed by atoms with Crippen LogP contribution in [0.5, 0.6) is 5.75 Å². The molecule has 30 heavy (non-hydrogen) atoms. The summed E-state index contributed by atoms with van der Waals surface area (Å²) in [5, 5.41) is 0.607. The number of carbonyl (C=O) groups excluding carboxylic acids is 2. The van der Waals surface area contributed by atoms with Crippen LogP contribution in [-0.4, -0.2) is 54.4 Å². The monoisotopic (exact) mass is 440 g/mol. The molecule has 1 aliphatic rings. The van der Waals surface area contributed by atoms with E-state index in [2.05, 4.69) is 0 Å². The van der Waals surface area contributed by atoms with Crippen LogP contribution in [-0.2, 0) is 11.0 Å². The first-order valence-electron chi connectivity index (χ1n) is 9.28. The van der Waals surface area contributed by atoms with Gasteiger partial charge in [-0.15, -0.1) is 0 Å². The van der Waals surface area contributed by atoms with E-state index in [9.17, 15) is 22.8 Å². The fourth-order valence-electron chi connectivity index (χ4n) is 3.11. The second-order valence-corrected chi connectivity index (χ2v) is 7.36. The molecule has 0 aromatic heterocycles. The molecule has 9 heteroatoms. The summed E-state index contributed by atoms with van der Waals surface area (Å²) in [6.45, 7) is 2.72. The number of piperazine rings is 1. The van der Waals surface area contributed by atoms with Crippen molar-refractivity contribution in [3.05, 3.63) is 64.2 Å². The van der Waals surface area contributed by atoms with Gasteiger partial charge in [0.25, 0.3) is 11.8 Å². The molecule has 0 saturated carbocycles. The van der Waals surface area contributed by atoms with E-state index in [1.165, 1.54) is 17.0 Å². The standard InChI is InChI=1S/C21H20ClF3N2O3/c1-14-11-17(5-6-18(14)22)30-13-19(28)26-7-9-27(10-8-26)20(29)15-3-2-4-16(12-15)21(23,24)25/h2-6,11-12H,7-10,13H2,1H3. The van der Waals surface area contributed by atoms with Crippen molar-refractivity contribution in [2.75, 3.05) is 32.8 Å². The van der Waals surface area contributed by atoms with Crippen LogP contribution in [0.15, 0.2) is 42.5 Å². The average molecular weight is 441 g/mol. The highest BCUT2D eigenvalue weighted by Crippen LogP contribution is 2.30. The molecule has 0 spiro atoms. The van der Waals surface area contributed by atoms with Gasteiger partial charge in [-0.05, 0) is 48.9 Å². The van der Waals surface area contributed by atoms with Crippen LogP contribution in [0.2, 0.25) is 5.02 Å². The van der Waals surface area contributed by atoms with Crippen LogP contribution in [0.1, 0.15) is 21.5 Å². The Bertz CT molecular complexity index is 941. The maximum Gasteiger partial charge on any atom is 0.416 e. The van der Waals surface area contributed by atoms with E-state index in [-0.39, 0.29) is 44.3 Å². The van der Waals surface area contributed by atoms with Crippen molar-refractivity contribution < 1.29 is 27.5 Å². The molecule has 0 unspecified atom stereocenters. The molecule has 0 bridgehead atoms. The Morgan fingerprint density at radius 2 is 1.70 bits per heavy atom. The Labute approximate surface area is 177 Å². The van der Waals surface area contributed by atoms with E-state index >= 15 is 0 Å². The summed E-state index contributed by atoms with van der Waals surface area (Å²) in [6, 6.07) is 9.45. The maximum absolute atomic E-state index is 12.9. The first kappa shape index (κ1) is 22.0. The Hall–Kier alpha value is -2.74. The van der Waals surface area contributed by atoms with Crippen molar-refractivity contribution >= 4 is 23.4 Å². The molecular weight excluding hydrogens is 421 g/mol. The largest absolute Gasteiger partial charge is 0.484 e. The Morgan fingerprint density at radius 1 is 1.03 bits per heavy atom. The Morgan fingerprint density at radius 3 is 2.33 bits per heavy atom. The van der Waals surface area contributed by atoms with Crippen molar-refractivity contribution in [3.8, 4) is 5.75 Å². The summed E-state index contributed by atoms with van der Waals surface area (Å²) in [4.78, 5) is 27.9. The number of amides is 2. The quantitative estimate of drug-likeness (QED) is 0.721. The van der Waals surface area contributed by atoms with Crippen molar-refractivity contribution in [2.45, 2.75) is 13.1 Å². The summed E-state index contributed by atoms with van der Waals surface area (Å²) in [7, 11) is 0. The van der Waals surface area contributed by atoms with E-state index in [0.29, 0.717) is 10.8 Å². The number of hydrogen-bond acceptors (Lipinski definition) is 3. The van der Waals surface area contributed by atoms with E-state index in [1.807, 2.05) is 6.92 Å². The Balaban J connectivity index is 1.53. The minimum atomic E-state index is -4.51. The minimum absolute atomic E-state index is 0.0222. The highest BCUT2D eigenvalue weighted by Gasteiger charge is 2.32. The predicted octanol–water partition coefficient (Wildman–Crippen LogP) is 4.03. The first-order chi connectivity index (χ1) is 14.1. The van der Waals surface area contributed by atoms with Crippen molar-refractivity contribution in [2.24, 2.45) is 0 Å². The number of nitrogens with zero attached hydrogens (tertiary/aromatic N) is 2. The summed E-state index contributed by atoms with van der Waals surface area (Å²) in [5.74, 6) is -0.182. The predicted molar refractivity (Wildman–Crippen MR) is 106 cm³/mol. The molecule has 0 radical (unpaired) electrons. The normalized spacial score (nSPS) is 14.6. The van der Waals surface area contributed by atoms with Gasteiger partial charge in [0.05, 0.1) is 5.56 Å². The number of halogens is 4. The van der Waals surface area contributed by atoms with Crippen molar-refractivity contribution in [3.63, 3.8) is 0 Å². The number of alkyl halides is 3. The van der Waals surface area contributed by atoms with Gasteiger partial charge in [-0.2, -0.15) is 13.2 Å². The summed E-state index contributed by atoms with van der Waals surface area (Å²) >= 11 is 5.96.